The molecule has 0 aliphatic carbocycles. The lowest BCUT2D eigenvalue weighted by atomic mass is 10.1. The Morgan fingerprint density at radius 2 is 2.09 bits per heavy atom. The maximum absolute atomic E-state index is 12.0. The van der Waals surface area contributed by atoms with Crippen LogP contribution in [0.5, 0.6) is 5.75 Å². The summed E-state index contributed by atoms with van der Waals surface area (Å²) >= 11 is 0. The fraction of sp³-hybridized carbons (Fsp3) is 0.400. The highest BCUT2D eigenvalue weighted by Crippen LogP contribution is 2.16. The topological polar surface area (TPSA) is 87.7 Å². The lowest BCUT2D eigenvalue weighted by molar-refractivity contribution is -0.134. The van der Waals surface area contributed by atoms with Gasteiger partial charge in [-0.25, -0.2) is 4.79 Å². The van der Waals surface area contributed by atoms with Crippen molar-refractivity contribution in [3.05, 3.63) is 29.8 Å². The van der Waals surface area contributed by atoms with Crippen molar-refractivity contribution in [1.29, 1.82) is 0 Å². The molecule has 118 valence electrons. The van der Waals surface area contributed by atoms with Crippen LogP contribution in [0.3, 0.4) is 0 Å². The largest absolute Gasteiger partial charge is 0.497 e. The van der Waals surface area contributed by atoms with E-state index >= 15 is 0 Å². The van der Waals surface area contributed by atoms with Gasteiger partial charge in [0.2, 0.25) is 5.91 Å². The van der Waals surface area contributed by atoms with Crippen molar-refractivity contribution >= 4 is 17.8 Å². The molecule has 1 saturated heterocycles. The van der Waals surface area contributed by atoms with Gasteiger partial charge in [0.1, 0.15) is 17.8 Å². The van der Waals surface area contributed by atoms with Gasteiger partial charge in [0, 0.05) is 6.54 Å². The molecular weight excluding hydrogens is 286 g/mol. The van der Waals surface area contributed by atoms with Crippen molar-refractivity contribution in [2.24, 2.45) is 0 Å². The molecule has 1 aliphatic rings. The molecule has 7 nitrogen and oxygen atoms in total. The van der Waals surface area contributed by atoms with E-state index in [-0.39, 0.29) is 6.54 Å². The minimum absolute atomic E-state index is 0.294. The van der Waals surface area contributed by atoms with Crippen molar-refractivity contribution in [2.75, 3.05) is 13.7 Å². The molecule has 0 spiro atoms. The van der Waals surface area contributed by atoms with E-state index in [1.54, 1.807) is 33.1 Å². The van der Waals surface area contributed by atoms with Crippen molar-refractivity contribution in [2.45, 2.75) is 25.9 Å². The summed E-state index contributed by atoms with van der Waals surface area (Å²) in [7, 11) is 1.57. The van der Waals surface area contributed by atoms with Gasteiger partial charge in [-0.1, -0.05) is 12.1 Å². The lowest BCUT2D eigenvalue weighted by Crippen LogP contribution is -2.43. The number of benzene rings is 1. The average Bonchev–Trinajstić information content (AvgIpc) is 2.67. The number of hydrogen-bond donors (Lipinski definition) is 2. The first-order chi connectivity index (χ1) is 10.3. The highest BCUT2D eigenvalue weighted by Gasteiger charge is 2.44. The predicted octanol–water partition coefficient (Wildman–Crippen LogP) is 0.642. The number of urea groups is 1. The molecule has 2 rings (SSSR count). The van der Waals surface area contributed by atoms with Crippen LogP contribution in [0.25, 0.3) is 0 Å². The van der Waals surface area contributed by atoms with Crippen LogP contribution in [0.15, 0.2) is 24.3 Å². The molecule has 0 unspecified atom stereocenters. The van der Waals surface area contributed by atoms with E-state index in [2.05, 4.69) is 10.6 Å². The number of nitrogens with zero attached hydrogens (tertiary/aromatic N) is 1. The van der Waals surface area contributed by atoms with Crippen molar-refractivity contribution in [3.63, 3.8) is 0 Å². The summed E-state index contributed by atoms with van der Waals surface area (Å²) < 4.78 is 5.10. The van der Waals surface area contributed by atoms with Crippen LogP contribution in [0.1, 0.15) is 19.4 Å². The Hall–Kier alpha value is -2.57. The van der Waals surface area contributed by atoms with Crippen LogP contribution in [0, 0.1) is 0 Å². The first kappa shape index (κ1) is 15.8. The van der Waals surface area contributed by atoms with Gasteiger partial charge in [0.25, 0.3) is 5.91 Å². The number of imide groups is 1. The second kappa shape index (κ2) is 6.05. The molecule has 7 heteroatoms. The fourth-order valence-corrected chi connectivity index (χ4v) is 2.14. The number of rotatable bonds is 5. The second-order valence-corrected chi connectivity index (χ2v) is 5.57. The highest BCUT2D eigenvalue weighted by atomic mass is 16.5. The number of nitrogens with one attached hydrogen (secondary N) is 2. The monoisotopic (exact) mass is 305 g/mol. The molecule has 1 aliphatic heterocycles. The summed E-state index contributed by atoms with van der Waals surface area (Å²) in [6.45, 7) is 3.20. The Labute approximate surface area is 128 Å². The summed E-state index contributed by atoms with van der Waals surface area (Å²) in [5.41, 5.74) is -0.102. The molecule has 1 fully saturated rings. The van der Waals surface area contributed by atoms with Crippen LogP contribution in [0.4, 0.5) is 4.79 Å². The Balaban J connectivity index is 1.91. The minimum atomic E-state index is -0.968. The molecule has 2 N–H and O–H groups in total. The third kappa shape index (κ3) is 3.36. The van der Waals surface area contributed by atoms with E-state index in [4.69, 9.17) is 4.74 Å². The van der Waals surface area contributed by atoms with Crippen molar-refractivity contribution < 1.29 is 19.1 Å². The standard InChI is InChI=1S/C15H19N3O4/c1-15(2)13(20)18(14(21)17-15)9-12(19)16-8-10-5-4-6-11(7-10)22-3/h4-7H,8-9H2,1-3H3,(H,16,19)(H,17,21). The maximum atomic E-state index is 12.0. The van der Waals surface area contributed by atoms with Gasteiger partial charge in [0.15, 0.2) is 0 Å². The van der Waals surface area contributed by atoms with E-state index in [1.807, 2.05) is 12.1 Å². The number of amides is 4. The average molecular weight is 305 g/mol. The van der Waals surface area contributed by atoms with Crippen LogP contribution in [-0.2, 0) is 16.1 Å². The first-order valence-corrected chi connectivity index (χ1v) is 6.87. The molecule has 0 saturated carbocycles. The highest BCUT2D eigenvalue weighted by molar-refractivity contribution is 6.08. The van der Waals surface area contributed by atoms with Crippen LogP contribution >= 0.6 is 0 Å². The van der Waals surface area contributed by atoms with E-state index < -0.39 is 23.4 Å². The number of hydrogen-bond acceptors (Lipinski definition) is 4. The van der Waals surface area contributed by atoms with E-state index in [1.165, 1.54) is 0 Å². The van der Waals surface area contributed by atoms with Gasteiger partial charge >= 0.3 is 6.03 Å². The smallest absolute Gasteiger partial charge is 0.325 e. The summed E-state index contributed by atoms with van der Waals surface area (Å²) in [6, 6.07) is 6.73. The van der Waals surface area contributed by atoms with E-state index in [9.17, 15) is 14.4 Å². The zero-order valence-corrected chi connectivity index (χ0v) is 12.8. The third-order valence-electron chi connectivity index (χ3n) is 3.37. The molecule has 0 radical (unpaired) electrons. The SMILES string of the molecule is COc1cccc(CNC(=O)CN2C(=O)NC(C)(C)C2=O)c1. The fourth-order valence-electron chi connectivity index (χ4n) is 2.14. The van der Waals surface area contributed by atoms with Crippen LogP contribution in [-0.4, -0.2) is 41.9 Å². The Bertz CT molecular complexity index is 613. The molecule has 1 heterocycles. The van der Waals surface area contributed by atoms with Gasteiger partial charge < -0.3 is 15.4 Å². The van der Waals surface area contributed by atoms with Gasteiger partial charge in [0.05, 0.1) is 7.11 Å². The molecule has 1 aromatic rings. The second-order valence-electron chi connectivity index (χ2n) is 5.57. The minimum Gasteiger partial charge on any atom is -0.497 e. The first-order valence-electron chi connectivity index (χ1n) is 6.87. The molecular formula is C15H19N3O4. The molecule has 0 bridgehead atoms. The van der Waals surface area contributed by atoms with Gasteiger partial charge in [-0.3, -0.25) is 14.5 Å². The molecule has 1 aromatic carbocycles. The Morgan fingerprint density at radius 1 is 1.36 bits per heavy atom. The van der Waals surface area contributed by atoms with Gasteiger partial charge in [-0.15, -0.1) is 0 Å². The number of methoxy groups -OCH3 is 1. The summed E-state index contributed by atoms with van der Waals surface area (Å²) in [5.74, 6) is -0.111. The van der Waals surface area contributed by atoms with Crippen LogP contribution < -0.4 is 15.4 Å². The molecule has 0 aromatic heterocycles. The quantitative estimate of drug-likeness (QED) is 0.782. The summed E-state index contributed by atoms with van der Waals surface area (Å²) in [4.78, 5) is 36.5. The Kier molecular flexibility index (Phi) is 4.35. The van der Waals surface area contributed by atoms with E-state index in [0.717, 1.165) is 10.5 Å². The normalized spacial score (nSPS) is 16.4. The van der Waals surface area contributed by atoms with Gasteiger partial charge in [-0.2, -0.15) is 0 Å². The van der Waals surface area contributed by atoms with Crippen molar-refractivity contribution in [3.8, 4) is 5.75 Å². The summed E-state index contributed by atoms with van der Waals surface area (Å²) in [6.07, 6.45) is 0. The number of carbonyl (C=O) groups excluding carboxylic acids is 3. The van der Waals surface area contributed by atoms with E-state index in [0.29, 0.717) is 12.3 Å². The molecule has 4 amide bonds. The maximum Gasteiger partial charge on any atom is 0.325 e. The number of ether oxygens (including phenoxy) is 1. The van der Waals surface area contributed by atoms with Crippen LogP contribution in [0.2, 0.25) is 0 Å². The number of carbonyl (C=O) groups is 3. The zero-order valence-electron chi connectivity index (χ0n) is 12.8. The Morgan fingerprint density at radius 3 is 2.68 bits per heavy atom. The molecule has 0 atom stereocenters. The predicted molar refractivity (Wildman–Crippen MR) is 79.2 cm³/mol. The lowest BCUT2D eigenvalue weighted by Gasteiger charge is -2.15. The zero-order chi connectivity index (χ0) is 16.3. The van der Waals surface area contributed by atoms with Gasteiger partial charge in [-0.05, 0) is 31.5 Å². The van der Waals surface area contributed by atoms with Crippen molar-refractivity contribution in [1.82, 2.24) is 15.5 Å². The molecule has 22 heavy (non-hydrogen) atoms. The summed E-state index contributed by atoms with van der Waals surface area (Å²) in [5, 5.41) is 5.21. The third-order valence-corrected chi connectivity index (χ3v) is 3.37.